The highest BCUT2D eigenvalue weighted by Gasteiger charge is 2.26. The van der Waals surface area contributed by atoms with Gasteiger partial charge < -0.3 is 9.80 Å². The lowest BCUT2D eigenvalue weighted by Crippen LogP contribution is -2.31. The van der Waals surface area contributed by atoms with Gasteiger partial charge in [0.15, 0.2) is 5.78 Å². The highest BCUT2D eigenvalue weighted by Crippen LogP contribution is 2.07. The van der Waals surface area contributed by atoms with Crippen LogP contribution >= 0.6 is 0 Å². The van der Waals surface area contributed by atoms with Gasteiger partial charge in [-0.15, -0.1) is 0 Å². The predicted octanol–water partition coefficient (Wildman–Crippen LogP) is 0.520. The summed E-state index contributed by atoms with van der Waals surface area (Å²) in [7, 11) is 0. The summed E-state index contributed by atoms with van der Waals surface area (Å²) < 4.78 is 0. The predicted molar refractivity (Wildman–Crippen MR) is 58.6 cm³/mol. The van der Waals surface area contributed by atoms with E-state index >= 15 is 0 Å². The first-order valence-electron chi connectivity index (χ1n) is 5.69. The third-order valence-corrected chi connectivity index (χ3v) is 2.87. The maximum absolute atomic E-state index is 11.3. The molecule has 0 unspecified atom stereocenters. The number of hydrogen-bond donors (Lipinski definition) is 0. The molecule has 4 heteroatoms. The van der Waals surface area contributed by atoms with Crippen LogP contribution in [-0.2, 0) is 9.59 Å². The molecule has 4 nitrogen and oxygen atoms in total. The Morgan fingerprint density at radius 2 is 1.93 bits per heavy atom. The smallest absolute Gasteiger partial charge is 0.230 e. The van der Waals surface area contributed by atoms with Crippen molar-refractivity contribution in [1.82, 2.24) is 9.80 Å². The summed E-state index contributed by atoms with van der Waals surface area (Å²) in [4.78, 5) is 26.3. The Morgan fingerprint density at radius 3 is 2.40 bits per heavy atom. The number of ketones is 1. The van der Waals surface area contributed by atoms with E-state index in [1.807, 2.05) is 0 Å². The van der Waals surface area contributed by atoms with Gasteiger partial charge in [0.25, 0.3) is 0 Å². The second-order valence-corrected chi connectivity index (χ2v) is 3.91. The van der Waals surface area contributed by atoms with E-state index < -0.39 is 0 Å². The summed E-state index contributed by atoms with van der Waals surface area (Å²) in [6.45, 7) is 8.41. The minimum atomic E-state index is -0.000420. The number of rotatable bonds is 6. The van der Waals surface area contributed by atoms with Crippen LogP contribution < -0.4 is 0 Å². The lowest BCUT2D eigenvalue weighted by atomic mass is 10.3. The largest absolute Gasteiger partial charge is 0.335 e. The second kappa shape index (κ2) is 5.85. The van der Waals surface area contributed by atoms with Crippen LogP contribution in [0.5, 0.6) is 0 Å². The van der Waals surface area contributed by atoms with E-state index in [0.29, 0.717) is 6.54 Å². The Labute approximate surface area is 91.2 Å². The van der Waals surface area contributed by atoms with E-state index in [4.69, 9.17) is 0 Å². The van der Waals surface area contributed by atoms with Crippen LogP contribution in [0.3, 0.4) is 0 Å². The quantitative estimate of drug-likeness (QED) is 0.603. The first-order valence-corrected chi connectivity index (χ1v) is 5.69. The van der Waals surface area contributed by atoms with Gasteiger partial charge in [-0.05, 0) is 26.1 Å². The number of carbonyl (C=O) groups excluding carboxylic acids is 2. The van der Waals surface area contributed by atoms with E-state index in [-0.39, 0.29) is 18.1 Å². The molecule has 15 heavy (non-hydrogen) atoms. The Bertz CT molecular complexity index is 237. The Balaban J connectivity index is 2.20. The molecule has 0 aromatic rings. The van der Waals surface area contributed by atoms with Crippen LogP contribution in [0.1, 0.15) is 26.7 Å². The number of hydrogen-bond acceptors (Lipinski definition) is 3. The van der Waals surface area contributed by atoms with Crippen LogP contribution in [0.4, 0.5) is 0 Å². The summed E-state index contributed by atoms with van der Waals surface area (Å²) in [5.41, 5.74) is 0. The van der Waals surface area contributed by atoms with Gasteiger partial charge in [-0.1, -0.05) is 13.8 Å². The highest BCUT2D eigenvalue weighted by molar-refractivity contribution is 6.05. The molecule has 0 atom stereocenters. The lowest BCUT2D eigenvalue weighted by molar-refractivity contribution is -0.127. The van der Waals surface area contributed by atoms with E-state index in [2.05, 4.69) is 18.7 Å². The summed E-state index contributed by atoms with van der Waals surface area (Å²) >= 11 is 0. The molecular weight excluding hydrogens is 192 g/mol. The van der Waals surface area contributed by atoms with Crippen molar-refractivity contribution in [1.29, 1.82) is 0 Å². The fraction of sp³-hybridized carbons (Fsp3) is 0.818. The van der Waals surface area contributed by atoms with Crippen molar-refractivity contribution in [2.45, 2.75) is 26.7 Å². The average Bonchev–Trinajstić information content (AvgIpc) is 2.52. The molecule has 0 spiro atoms. The first-order chi connectivity index (χ1) is 7.17. The van der Waals surface area contributed by atoms with E-state index in [9.17, 15) is 9.59 Å². The van der Waals surface area contributed by atoms with E-state index in [0.717, 1.165) is 32.6 Å². The van der Waals surface area contributed by atoms with Gasteiger partial charge >= 0.3 is 0 Å². The summed E-state index contributed by atoms with van der Waals surface area (Å²) in [5.74, 6) is 0.0578. The molecule has 0 radical (unpaired) electrons. The SMILES string of the molecule is CCN(CC)CCCN1CC(=O)CC1=O. The van der Waals surface area contributed by atoms with Crippen molar-refractivity contribution >= 4 is 11.7 Å². The van der Waals surface area contributed by atoms with Crippen molar-refractivity contribution in [2.75, 3.05) is 32.7 Å². The number of nitrogens with zero attached hydrogens (tertiary/aromatic N) is 2. The fourth-order valence-corrected chi connectivity index (χ4v) is 1.87. The number of carbonyl (C=O) groups is 2. The lowest BCUT2D eigenvalue weighted by Gasteiger charge is -2.20. The number of Topliss-reactive ketones (excluding diaryl/α,β-unsaturated/α-hetero) is 1. The van der Waals surface area contributed by atoms with E-state index in [1.165, 1.54) is 0 Å². The van der Waals surface area contributed by atoms with Crippen molar-refractivity contribution < 1.29 is 9.59 Å². The molecule has 1 aliphatic rings. The van der Waals surface area contributed by atoms with Crippen LogP contribution in [0, 0.1) is 0 Å². The minimum absolute atomic E-state index is 0.000420. The zero-order valence-electron chi connectivity index (χ0n) is 9.66. The molecule has 1 heterocycles. The standard InChI is InChI=1S/C11H20N2O2/c1-3-12(4-2)6-5-7-13-9-10(14)8-11(13)15/h3-9H2,1-2H3. The fourth-order valence-electron chi connectivity index (χ4n) is 1.87. The van der Waals surface area contributed by atoms with Crippen LogP contribution in [0.15, 0.2) is 0 Å². The molecule has 1 fully saturated rings. The Morgan fingerprint density at radius 1 is 1.27 bits per heavy atom. The zero-order valence-corrected chi connectivity index (χ0v) is 9.66. The summed E-state index contributed by atoms with van der Waals surface area (Å²) in [6.07, 6.45) is 1.08. The molecule has 1 rings (SSSR count). The van der Waals surface area contributed by atoms with E-state index in [1.54, 1.807) is 4.90 Å². The molecule has 1 aliphatic heterocycles. The number of amides is 1. The maximum Gasteiger partial charge on any atom is 0.230 e. The second-order valence-electron chi connectivity index (χ2n) is 3.91. The molecule has 86 valence electrons. The third kappa shape index (κ3) is 3.63. The average molecular weight is 212 g/mol. The monoisotopic (exact) mass is 212 g/mol. The van der Waals surface area contributed by atoms with Gasteiger partial charge in [-0.25, -0.2) is 0 Å². The third-order valence-electron chi connectivity index (χ3n) is 2.87. The van der Waals surface area contributed by atoms with Crippen molar-refractivity contribution in [3.63, 3.8) is 0 Å². The van der Waals surface area contributed by atoms with Gasteiger partial charge in [0.1, 0.15) is 0 Å². The van der Waals surface area contributed by atoms with Crippen LogP contribution in [-0.4, -0.2) is 54.2 Å². The Hall–Kier alpha value is -0.900. The molecule has 0 saturated carbocycles. The van der Waals surface area contributed by atoms with Gasteiger partial charge in [-0.3, -0.25) is 9.59 Å². The molecule has 0 N–H and O–H groups in total. The van der Waals surface area contributed by atoms with Gasteiger partial charge in [0.2, 0.25) is 5.91 Å². The number of likely N-dealkylation sites (tertiary alicyclic amines) is 1. The molecule has 1 amide bonds. The molecule has 1 saturated heterocycles. The van der Waals surface area contributed by atoms with Gasteiger partial charge in [0.05, 0.1) is 13.0 Å². The molecule has 0 aromatic heterocycles. The molecule has 0 bridgehead atoms. The van der Waals surface area contributed by atoms with Crippen LogP contribution in [0.2, 0.25) is 0 Å². The topological polar surface area (TPSA) is 40.6 Å². The van der Waals surface area contributed by atoms with Gasteiger partial charge in [0, 0.05) is 6.54 Å². The maximum atomic E-state index is 11.3. The van der Waals surface area contributed by atoms with Crippen LogP contribution in [0.25, 0.3) is 0 Å². The summed E-state index contributed by atoms with van der Waals surface area (Å²) in [5, 5.41) is 0. The van der Waals surface area contributed by atoms with Gasteiger partial charge in [-0.2, -0.15) is 0 Å². The minimum Gasteiger partial charge on any atom is -0.335 e. The molecule has 0 aliphatic carbocycles. The molecule has 0 aromatic carbocycles. The normalized spacial score (nSPS) is 16.9. The zero-order chi connectivity index (χ0) is 11.3. The summed E-state index contributed by atoms with van der Waals surface area (Å²) in [6, 6.07) is 0. The van der Waals surface area contributed by atoms with Crippen molar-refractivity contribution in [3.8, 4) is 0 Å². The van der Waals surface area contributed by atoms with Crippen molar-refractivity contribution in [3.05, 3.63) is 0 Å². The molecular formula is C11H20N2O2. The Kier molecular flexibility index (Phi) is 4.75. The highest BCUT2D eigenvalue weighted by atomic mass is 16.2. The van der Waals surface area contributed by atoms with Crippen molar-refractivity contribution in [2.24, 2.45) is 0 Å². The first kappa shape index (κ1) is 12.2.